The number of hydrogen-bond donors (Lipinski definition) is 1. The average Bonchev–Trinajstić information content (AvgIpc) is 3.05. The third kappa shape index (κ3) is 2.49. The van der Waals surface area contributed by atoms with Crippen LogP contribution in [0, 0.1) is 0 Å². The first kappa shape index (κ1) is 12.6. The van der Waals surface area contributed by atoms with Crippen molar-refractivity contribution in [2.24, 2.45) is 0 Å². The molecule has 3 heterocycles. The summed E-state index contributed by atoms with van der Waals surface area (Å²) >= 11 is 9.92. The van der Waals surface area contributed by atoms with Crippen LogP contribution in [0.15, 0.2) is 29.0 Å². The summed E-state index contributed by atoms with van der Waals surface area (Å²) in [6.45, 7) is 4.28. The van der Waals surface area contributed by atoms with E-state index in [0.29, 0.717) is 6.04 Å². The molecule has 0 spiro atoms. The maximum atomic E-state index is 6.34. The highest BCUT2D eigenvalue weighted by Crippen LogP contribution is 2.38. The molecule has 0 aromatic carbocycles. The summed E-state index contributed by atoms with van der Waals surface area (Å²) in [4.78, 5) is 5.20. The second kappa shape index (κ2) is 5.72. The number of hydrogen-bond acceptors (Lipinski definition) is 4. The normalized spacial score (nSPS) is 18.9. The second-order valence-corrected chi connectivity index (χ2v) is 6.67. The van der Waals surface area contributed by atoms with Gasteiger partial charge in [0.15, 0.2) is 0 Å². The summed E-state index contributed by atoms with van der Waals surface area (Å²) in [5, 5.41) is 8.54. The second-order valence-electron chi connectivity index (χ2n) is 4.34. The van der Waals surface area contributed by atoms with E-state index in [0.717, 1.165) is 31.2 Å². The van der Waals surface area contributed by atoms with Crippen LogP contribution < -0.4 is 5.32 Å². The Morgan fingerprint density at radius 1 is 1.17 bits per heavy atom. The molecule has 1 fully saturated rings. The van der Waals surface area contributed by atoms with Crippen molar-refractivity contribution in [3.05, 3.63) is 43.7 Å². The number of nitrogens with one attached hydrogen (secondary N) is 1. The number of rotatable bonds is 3. The Labute approximate surface area is 120 Å². The first-order chi connectivity index (χ1) is 8.86. The Morgan fingerprint density at radius 3 is 2.61 bits per heavy atom. The molecule has 18 heavy (non-hydrogen) atoms. The van der Waals surface area contributed by atoms with Crippen LogP contribution in [-0.2, 0) is 0 Å². The third-order valence-corrected chi connectivity index (χ3v) is 5.56. The lowest BCUT2D eigenvalue weighted by Gasteiger charge is -2.34. The number of thiophene rings is 2. The Bertz CT molecular complexity index is 489. The Balaban J connectivity index is 1.96. The molecular formula is C13H15ClN2S2. The van der Waals surface area contributed by atoms with Crippen LogP contribution >= 0.6 is 34.3 Å². The quantitative estimate of drug-likeness (QED) is 0.933. The van der Waals surface area contributed by atoms with Crippen LogP contribution in [0.5, 0.6) is 0 Å². The standard InChI is InChI=1S/C13H15ClN2S2/c14-10-3-9-18-13(10)12(11-2-1-8-17-11)16-6-4-15-5-7-16/h1-3,8-9,12,15H,4-7H2/t12-/m1/s1. The highest BCUT2D eigenvalue weighted by molar-refractivity contribution is 7.12. The Kier molecular flexibility index (Phi) is 4.01. The van der Waals surface area contributed by atoms with Crippen LogP contribution in [-0.4, -0.2) is 31.1 Å². The molecule has 1 N–H and O–H groups in total. The van der Waals surface area contributed by atoms with Gasteiger partial charge in [0.1, 0.15) is 0 Å². The van der Waals surface area contributed by atoms with Crippen LogP contribution in [0.2, 0.25) is 5.02 Å². The van der Waals surface area contributed by atoms with Crippen molar-refractivity contribution in [1.29, 1.82) is 0 Å². The van der Waals surface area contributed by atoms with Crippen molar-refractivity contribution in [1.82, 2.24) is 10.2 Å². The molecule has 2 aromatic rings. The highest BCUT2D eigenvalue weighted by Gasteiger charge is 2.27. The molecule has 0 amide bonds. The zero-order valence-electron chi connectivity index (χ0n) is 9.93. The maximum Gasteiger partial charge on any atom is 0.0805 e. The molecule has 96 valence electrons. The van der Waals surface area contributed by atoms with Gasteiger partial charge in [0.05, 0.1) is 11.1 Å². The van der Waals surface area contributed by atoms with Crippen molar-refractivity contribution < 1.29 is 0 Å². The van der Waals surface area contributed by atoms with E-state index in [9.17, 15) is 0 Å². The van der Waals surface area contributed by atoms with Crippen LogP contribution in [0.1, 0.15) is 15.8 Å². The minimum Gasteiger partial charge on any atom is -0.314 e. The van der Waals surface area contributed by atoms with Crippen molar-refractivity contribution in [2.75, 3.05) is 26.2 Å². The van der Waals surface area contributed by atoms with E-state index < -0.39 is 0 Å². The average molecular weight is 299 g/mol. The predicted octanol–water partition coefficient (Wildman–Crippen LogP) is 3.46. The van der Waals surface area contributed by atoms with E-state index in [1.54, 1.807) is 11.3 Å². The topological polar surface area (TPSA) is 15.3 Å². The molecule has 0 saturated carbocycles. The van der Waals surface area contributed by atoms with Gasteiger partial charge in [0.2, 0.25) is 0 Å². The molecule has 0 radical (unpaired) electrons. The van der Waals surface area contributed by atoms with Crippen molar-refractivity contribution in [2.45, 2.75) is 6.04 Å². The fraction of sp³-hybridized carbons (Fsp3) is 0.385. The van der Waals surface area contributed by atoms with Gasteiger partial charge >= 0.3 is 0 Å². The van der Waals surface area contributed by atoms with Crippen LogP contribution in [0.4, 0.5) is 0 Å². The zero-order chi connectivity index (χ0) is 12.4. The van der Waals surface area contributed by atoms with Gasteiger partial charge in [-0.3, -0.25) is 4.90 Å². The van der Waals surface area contributed by atoms with E-state index in [4.69, 9.17) is 11.6 Å². The molecule has 1 aliphatic heterocycles. The fourth-order valence-corrected chi connectivity index (χ4v) is 4.62. The molecular weight excluding hydrogens is 284 g/mol. The molecule has 3 rings (SSSR count). The SMILES string of the molecule is Clc1ccsc1[C@@H](c1cccs1)N1CCNCC1. The molecule has 5 heteroatoms. The van der Waals surface area contributed by atoms with Gasteiger partial charge < -0.3 is 5.32 Å². The van der Waals surface area contributed by atoms with Crippen LogP contribution in [0.25, 0.3) is 0 Å². The van der Waals surface area contributed by atoms with Crippen molar-refractivity contribution >= 4 is 34.3 Å². The molecule has 2 aromatic heterocycles. The number of nitrogens with zero attached hydrogens (tertiary/aromatic N) is 1. The summed E-state index contributed by atoms with van der Waals surface area (Å²) in [5.74, 6) is 0. The summed E-state index contributed by atoms with van der Waals surface area (Å²) < 4.78 is 0. The van der Waals surface area contributed by atoms with Gasteiger partial charge in [-0.25, -0.2) is 0 Å². The zero-order valence-corrected chi connectivity index (χ0v) is 12.3. The van der Waals surface area contributed by atoms with E-state index in [1.807, 2.05) is 17.4 Å². The fourth-order valence-electron chi connectivity index (χ4n) is 2.36. The largest absolute Gasteiger partial charge is 0.314 e. The number of halogens is 1. The van der Waals surface area contributed by atoms with Crippen molar-refractivity contribution in [3.63, 3.8) is 0 Å². The molecule has 0 aliphatic carbocycles. The summed E-state index contributed by atoms with van der Waals surface area (Å²) in [7, 11) is 0. The van der Waals surface area contributed by atoms with Gasteiger partial charge in [-0.05, 0) is 22.9 Å². The predicted molar refractivity (Wildman–Crippen MR) is 79.9 cm³/mol. The minimum atomic E-state index is 0.333. The molecule has 1 saturated heterocycles. The lowest BCUT2D eigenvalue weighted by atomic mass is 10.1. The lowest BCUT2D eigenvalue weighted by Crippen LogP contribution is -2.45. The lowest BCUT2D eigenvalue weighted by molar-refractivity contribution is 0.203. The molecule has 1 atom stereocenters. The summed E-state index contributed by atoms with van der Waals surface area (Å²) in [6.07, 6.45) is 0. The number of piperazine rings is 1. The molecule has 0 unspecified atom stereocenters. The van der Waals surface area contributed by atoms with Gasteiger partial charge in [0, 0.05) is 35.9 Å². The van der Waals surface area contributed by atoms with Gasteiger partial charge in [-0.1, -0.05) is 17.7 Å². The smallest absolute Gasteiger partial charge is 0.0805 e. The monoisotopic (exact) mass is 298 g/mol. The van der Waals surface area contributed by atoms with E-state index in [-0.39, 0.29) is 0 Å². The van der Waals surface area contributed by atoms with Gasteiger partial charge in [-0.2, -0.15) is 0 Å². The first-order valence-electron chi connectivity index (χ1n) is 6.07. The Morgan fingerprint density at radius 2 is 2.00 bits per heavy atom. The Hall–Kier alpha value is -0.390. The third-order valence-electron chi connectivity index (χ3n) is 3.22. The first-order valence-corrected chi connectivity index (χ1v) is 8.21. The van der Waals surface area contributed by atoms with E-state index >= 15 is 0 Å². The summed E-state index contributed by atoms with van der Waals surface area (Å²) in [5.41, 5.74) is 0. The van der Waals surface area contributed by atoms with Crippen LogP contribution in [0.3, 0.4) is 0 Å². The molecule has 1 aliphatic rings. The van der Waals surface area contributed by atoms with Gasteiger partial charge in [0.25, 0.3) is 0 Å². The summed E-state index contributed by atoms with van der Waals surface area (Å²) in [6, 6.07) is 6.67. The highest BCUT2D eigenvalue weighted by atomic mass is 35.5. The minimum absolute atomic E-state index is 0.333. The van der Waals surface area contributed by atoms with E-state index in [2.05, 4.69) is 33.1 Å². The molecule has 2 nitrogen and oxygen atoms in total. The van der Waals surface area contributed by atoms with E-state index in [1.165, 1.54) is 9.75 Å². The molecule has 0 bridgehead atoms. The van der Waals surface area contributed by atoms with Crippen molar-refractivity contribution in [3.8, 4) is 0 Å². The maximum absolute atomic E-state index is 6.34. The van der Waals surface area contributed by atoms with Gasteiger partial charge in [-0.15, -0.1) is 22.7 Å².